The molecule has 2 N–H and O–H groups in total. The Hall–Kier alpha value is -3.59. The summed E-state index contributed by atoms with van der Waals surface area (Å²) in [7, 11) is 0. The minimum Gasteiger partial charge on any atom is -0.474 e. The molecule has 1 amide bonds. The summed E-state index contributed by atoms with van der Waals surface area (Å²) in [6.45, 7) is 11.8. The molecule has 0 spiro atoms. The van der Waals surface area contributed by atoms with Gasteiger partial charge in [0.15, 0.2) is 0 Å². The molecule has 1 saturated carbocycles. The zero-order valence-corrected chi connectivity index (χ0v) is 23.4. The molecule has 2 fully saturated rings. The van der Waals surface area contributed by atoms with Crippen molar-refractivity contribution in [3.63, 3.8) is 0 Å². The molecule has 3 aliphatic rings. The summed E-state index contributed by atoms with van der Waals surface area (Å²) >= 11 is 0. The van der Waals surface area contributed by atoms with E-state index in [4.69, 9.17) is 15.5 Å². The Balaban J connectivity index is 1.14. The van der Waals surface area contributed by atoms with Crippen LogP contribution in [-0.2, 0) is 5.54 Å². The normalized spacial score (nSPS) is 23.8. The summed E-state index contributed by atoms with van der Waals surface area (Å²) in [6, 6.07) is 5.85. The van der Waals surface area contributed by atoms with Crippen molar-refractivity contribution in [2.45, 2.75) is 65.5 Å². The Morgan fingerprint density at radius 1 is 1.15 bits per heavy atom. The van der Waals surface area contributed by atoms with Crippen LogP contribution in [0.1, 0.15) is 74.3 Å². The van der Waals surface area contributed by atoms with E-state index in [0.29, 0.717) is 53.4 Å². The zero-order valence-electron chi connectivity index (χ0n) is 23.4. The molecular formula is C30H37N7O2. The standard InChI is InChI=1S/C30H37N7O2/c1-18-21(17-37(35-18)28-32-11-6-12-33-28)27(38)36-15-22-23(16-36)26(22)39-25-14-20(30(4,5)31)13-24(34-25)19-7-9-29(2,3)10-8-19/h6-7,11-14,17,22-23,26H,8-10,15-16,31H2,1-5H3. The third kappa shape index (κ3) is 5.07. The lowest BCUT2D eigenvalue weighted by Crippen LogP contribution is -2.33. The molecule has 1 aliphatic heterocycles. The van der Waals surface area contributed by atoms with Crippen LogP contribution in [0.5, 0.6) is 5.88 Å². The number of fused-ring (bicyclic) bond motifs is 1. The molecule has 3 aromatic heterocycles. The number of pyridine rings is 1. The maximum absolute atomic E-state index is 13.3. The third-order valence-corrected chi connectivity index (χ3v) is 8.39. The summed E-state index contributed by atoms with van der Waals surface area (Å²) in [4.78, 5) is 28.6. The Morgan fingerprint density at radius 2 is 1.87 bits per heavy atom. The lowest BCUT2D eigenvalue weighted by molar-refractivity contribution is 0.0750. The fraction of sp³-hybridized carbons (Fsp3) is 0.500. The molecule has 2 atom stereocenters. The third-order valence-electron chi connectivity index (χ3n) is 8.39. The summed E-state index contributed by atoms with van der Waals surface area (Å²) < 4.78 is 8.01. The number of aryl methyl sites for hydroxylation is 1. The molecular weight excluding hydrogens is 490 g/mol. The van der Waals surface area contributed by atoms with Gasteiger partial charge in [0.05, 0.1) is 17.0 Å². The summed E-state index contributed by atoms with van der Waals surface area (Å²) in [6.07, 6.45) is 10.6. The van der Waals surface area contributed by atoms with E-state index in [-0.39, 0.29) is 12.0 Å². The van der Waals surface area contributed by atoms with E-state index in [1.54, 1.807) is 29.3 Å². The molecule has 2 unspecified atom stereocenters. The van der Waals surface area contributed by atoms with Crippen LogP contribution in [0.3, 0.4) is 0 Å². The minimum absolute atomic E-state index is 0.0138. The number of hydrogen-bond donors (Lipinski definition) is 1. The van der Waals surface area contributed by atoms with Crippen molar-refractivity contribution in [2.75, 3.05) is 13.1 Å². The van der Waals surface area contributed by atoms with Gasteiger partial charge in [0, 0.05) is 55.1 Å². The highest BCUT2D eigenvalue weighted by molar-refractivity contribution is 5.95. The average Bonchev–Trinajstić information content (AvgIpc) is 3.21. The Morgan fingerprint density at radius 3 is 2.51 bits per heavy atom. The maximum Gasteiger partial charge on any atom is 0.257 e. The smallest absolute Gasteiger partial charge is 0.257 e. The maximum atomic E-state index is 13.3. The molecule has 204 valence electrons. The fourth-order valence-corrected chi connectivity index (χ4v) is 5.72. The van der Waals surface area contributed by atoms with Crippen LogP contribution < -0.4 is 10.5 Å². The first-order valence-corrected chi connectivity index (χ1v) is 13.8. The molecule has 4 heterocycles. The predicted molar refractivity (Wildman–Crippen MR) is 148 cm³/mol. The number of nitrogens with zero attached hydrogens (tertiary/aromatic N) is 6. The number of hydrogen-bond acceptors (Lipinski definition) is 7. The zero-order chi connectivity index (χ0) is 27.5. The Kier molecular flexibility index (Phi) is 6.10. The Labute approximate surface area is 229 Å². The number of likely N-dealkylation sites (tertiary alicyclic amines) is 1. The molecule has 0 radical (unpaired) electrons. The molecule has 39 heavy (non-hydrogen) atoms. The second kappa shape index (κ2) is 9.26. The lowest BCUT2D eigenvalue weighted by Gasteiger charge is -2.29. The van der Waals surface area contributed by atoms with E-state index in [9.17, 15) is 4.79 Å². The monoisotopic (exact) mass is 527 g/mol. The number of allylic oxidation sites excluding steroid dienone is 2. The van der Waals surface area contributed by atoms with E-state index in [1.807, 2.05) is 31.7 Å². The van der Waals surface area contributed by atoms with Crippen molar-refractivity contribution in [3.8, 4) is 11.8 Å². The van der Waals surface area contributed by atoms with Crippen LogP contribution in [0.2, 0.25) is 0 Å². The van der Waals surface area contributed by atoms with Gasteiger partial charge in [-0.05, 0) is 68.7 Å². The highest BCUT2D eigenvalue weighted by Gasteiger charge is 2.59. The second-order valence-corrected chi connectivity index (χ2v) is 12.6. The van der Waals surface area contributed by atoms with Gasteiger partial charge in [0.2, 0.25) is 11.8 Å². The number of ether oxygens (including phenoxy) is 1. The van der Waals surface area contributed by atoms with E-state index >= 15 is 0 Å². The van der Waals surface area contributed by atoms with Gasteiger partial charge < -0.3 is 15.4 Å². The van der Waals surface area contributed by atoms with Crippen molar-refractivity contribution in [1.82, 2.24) is 29.6 Å². The van der Waals surface area contributed by atoms with Gasteiger partial charge in [0.1, 0.15) is 6.10 Å². The SMILES string of the molecule is Cc1nn(-c2ncccn2)cc1C(=O)N1CC2C(C1)C2Oc1cc(C(C)(C)N)cc(C2=CCC(C)(C)CC2)n1. The summed E-state index contributed by atoms with van der Waals surface area (Å²) in [5.74, 6) is 1.66. The highest BCUT2D eigenvalue weighted by Crippen LogP contribution is 2.48. The van der Waals surface area contributed by atoms with Gasteiger partial charge in [-0.1, -0.05) is 19.9 Å². The van der Waals surface area contributed by atoms with Crippen molar-refractivity contribution in [3.05, 3.63) is 65.4 Å². The number of carbonyl (C=O) groups excluding carboxylic acids is 1. The van der Waals surface area contributed by atoms with E-state index in [2.05, 4.69) is 41.1 Å². The fourth-order valence-electron chi connectivity index (χ4n) is 5.72. The molecule has 0 bridgehead atoms. The van der Waals surface area contributed by atoms with Gasteiger partial charge >= 0.3 is 0 Å². The van der Waals surface area contributed by atoms with Crippen LogP contribution in [0.4, 0.5) is 0 Å². The van der Waals surface area contributed by atoms with E-state index in [1.165, 1.54) is 5.57 Å². The molecule has 6 rings (SSSR count). The van der Waals surface area contributed by atoms with Gasteiger partial charge in [0.25, 0.3) is 5.91 Å². The number of nitrogens with two attached hydrogens (primary N) is 1. The van der Waals surface area contributed by atoms with Crippen LogP contribution >= 0.6 is 0 Å². The average molecular weight is 528 g/mol. The van der Waals surface area contributed by atoms with E-state index < -0.39 is 5.54 Å². The Bertz CT molecular complexity index is 1430. The van der Waals surface area contributed by atoms with Gasteiger partial charge in [-0.25, -0.2) is 19.6 Å². The number of aromatic nitrogens is 5. The highest BCUT2D eigenvalue weighted by atomic mass is 16.5. The molecule has 3 aromatic rings. The first-order chi connectivity index (χ1) is 18.5. The van der Waals surface area contributed by atoms with Crippen LogP contribution in [0.25, 0.3) is 11.5 Å². The summed E-state index contributed by atoms with van der Waals surface area (Å²) in [5.41, 5.74) is 10.8. The van der Waals surface area contributed by atoms with Gasteiger partial charge in [-0.15, -0.1) is 0 Å². The molecule has 1 saturated heterocycles. The molecule has 0 aromatic carbocycles. The number of amides is 1. The molecule has 9 heteroatoms. The number of piperidine rings is 1. The first kappa shape index (κ1) is 25.7. The van der Waals surface area contributed by atoms with Gasteiger partial charge in [-0.3, -0.25) is 4.79 Å². The van der Waals surface area contributed by atoms with Crippen molar-refractivity contribution in [2.24, 2.45) is 23.0 Å². The minimum atomic E-state index is -0.500. The quantitative estimate of drug-likeness (QED) is 0.509. The number of carbonyl (C=O) groups is 1. The predicted octanol–water partition coefficient (Wildman–Crippen LogP) is 4.30. The molecule has 9 nitrogen and oxygen atoms in total. The summed E-state index contributed by atoms with van der Waals surface area (Å²) in [5, 5.41) is 4.45. The van der Waals surface area contributed by atoms with Crippen LogP contribution in [0.15, 0.2) is 42.9 Å². The first-order valence-electron chi connectivity index (χ1n) is 13.8. The van der Waals surface area contributed by atoms with Crippen molar-refractivity contribution < 1.29 is 9.53 Å². The van der Waals surface area contributed by atoms with Crippen LogP contribution in [-0.4, -0.2) is 54.7 Å². The lowest BCUT2D eigenvalue weighted by atomic mass is 9.77. The number of rotatable bonds is 6. The molecule has 2 aliphatic carbocycles. The largest absolute Gasteiger partial charge is 0.474 e. The van der Waals surface area contributed by atoms with Crippen molar-refractivity contribution in [1.29, 1.82) is 0 Å². The van der Waals surface area contributed by atoms with Gasteiger partial charge in [-0.2, -0.15) is 5.10 Å². The second-order valence-electron chi connectivity index (χ2n) is 12.6. The topological polar surface area (TPSA) is 112 Å². The van der Waals surface area contributed by atoms with E-state index in [0.717, 1.165) is 30.5 Å². The van der Waals surface area contributed by atoms with Crippen molar-refractivity contribution >= 4 is 11.5 Å². The van der Waals surface area contributed by atoms with Crippen LogP contribution in [0, 0.1) is 24.2 Å².